The zero-order chi connectivity index (χ0) is 11.8. The Hall–Kier alpha value is -0.610. The Balaban J connectivity index is 2.05. The number of piperidine rings is 1. The van der Waals surface area contributed by atoms with E-state index >= 15 is 0 Å². The second-order valence-corrected chi connectivity index (χ2v) is 4.66. The number of rotatable bonds is 7. The van der Waals surface area contributed by atoms with Crippen LogP contribution < -0.4 is 11.1 Å². The molecule has 4 nitrogen and oxygen atoms in total. The molecular weight excluding hydrogens is 202 g/mol. The molecule has 0 atom stereocenters. The number of nitrogens with two attached hydrogens (primary N) is 1. The summed E-state index contributed by atoms with van der Waals surface area (Å²) >= 11 is 0. The predicted octanol–water partition coefficient (Wildman–Crippen LogP) is 0.573. The van der Waals surface area contributed by atoms with Crippen molar-refractivity contribution in [3.05, 3.63) is 0 Å². The van der Waals surface area contributed by atoms with Gasteiger partial charge in [0.15, 0.2) is 0 Å². The normalized spacial score (nSPS) is 18.8. The van der Waals surface area contributed by atoms with Gasteiger partial charge in [0.1, 0.15) is 0 Å². The van der Waals surface area contributed by atoms with Crippen LogP contribution in [0.5, 0.6) is 0 Å². The van der Waals surface area contributed by atoms with Crippen LogP contribution >= 0.6 is 0 Å². The molecule has 0 aromatic rings. The number of primary amides is 1. The van der Waals surface area contributed by atoms with Gasteiger partial charge in [0.25, 0.3) is 0 Å². The number of nitrogens with one attached hydrogen (secondary N) is 1. The number of carbonyl (C=O) groups excluding carboxylic acids is 1. The smallest absolute Gasteiger partial charge is 0.217 e. The van der Waals surface area contributed by atoms with Crippen molar-refractivity contribution < 1.29 is 4.79 Å². The molecule has 94 valence electrons. The maximum atomic E-state index is 10.8. The summed E-state index contributed by atoms with van der Waals surface area (Å²) in [7, 11) is 0. The van der Waals surface area contributed by atoms with Crippen molar-refractivity contribution in [2.75, 3.05) is 32.7 Å². The third kappa shape index (κ3) is 5.47. The van der Waals surface area contributed by atoms with E-state index in [0.717, 1.165) is 39.0 Å². The van der Waals surface area contributed by atoms with E-state index < -0.39 is 0 Å². The van der Waals surface area contributed by atoms with Gasteiger partial charge < -0.3 is 16.0 Å². The third-order valence-electron chi connectivity index (χ3n) is 3.27. The molecule has 0 radical (unpaired) electrons. The molecule has 1 rings (SSSR count). The Bertz CT molecular complexity index is 200. The van der Waals surface area contributed by atoms with Gasteiger partial charge in [-0.1, -0.05) is 6.92 Å². The minimum absolute atomic E-state index is 0.148. The van der Waals surface area contributed by atoms with Gasteiger partial charge in [-0.15, -0.1) is 0 Å². The second-order valence-electron chi connectivity index (χ2n) is 4.66. The highest BCUT2D eigenvalue weighted by molar-refractivity contribution is 5.73. The molecule has 1 saturated heterocycles. The molecule has 0 spiro atoms. The monoisotopic (exact) mass is 227 g/mol. The van der Waals surface area contributed by atoms with E-state index in [4.69, 9.17) is 5.73 Å². The minimum Gasteiger partial charge on any atom is -0.370 e. The average Bonchev–Trinajstić information content (AvgIpc) is 2.26. The first-order valence-corrected chi connectivity index (χ1v) is 6.43. The van der Waals surface area contributed by atoms with Crippen LogP contribution in [0.1, 0.15) is 32.6 Å². The summed E-state index contributed by atoms with van der Waals surface area (Å²) in [4.78, 5) is 13.3. The van der Waals surface area contributed by atoms with Crippen molar-refractivity contribution >= 4 is 5.91 Å². The van der Waals surface area contributed by atoms with Crippen molar-refractivity contribution in [2.24, 2.45) is 11.7 Å². The van der Waals surface area contributed by atoms with Gasteiger partial charge in [0.05, 0.1) is 0 Å². The number of carbonyl (C=O) groups is 1. The topological polar surface area (TPSA) is 58.4 Å². The Kier molecular flexibility index (Phi) is 6.42. The quantitative estimate of drug-likeness (QED) is 0.625. The molecule has 0 aromatic carbocycles. The molecule has 4 heteroatoms. The molecule has 0 aliphatic carbocycles. The van der Waals surface area contributed by atoms with Crippen molar-refractivity contribution in [3.8, 4) is 0 Å². The number of nitrogens with zero attached hydrogens (tertiary/aromatic N) is 1. The molecule has 0 unspecified atom stereocenters. The van der Waals surface area contributed by atoms with Crippen LogP contribution in [0.2, 0.25) is 0 Å². The number of hydrogen-bond donors (Lipinski definition) is 2. The van der Waals surface area contributed by atoms with E-state index in [9.17, 15) is 4.79 Å². The van der Waals surface area contributed by atoms with E-state index in [1.54, 1.807) is 0 Å². The zero-order valence-corrected chi connectivity index (χ0v) is 10.4. The van der Waals surface area contributed by atoms with Crippen LogP contribution in [-0.2, 0) is 4.79 Å². The maximum absolute atomic E-state index is 10.8. The first-order chi connectivity index (χ1) is 7.72. The molecule has 0 bridgehead atoms. The van der Waals surface area contributed by atoms with Gasteiger partial charge >= 0.3 is 0 Å². The average molecular weight is 227 g/mol. The lowest BCUT2D eigenvalue weighted by molar-refractivity contribution is -0.119. The van der Waals surface area contributed by atoms with Gasteiger partial charge in [-0.2, -0.15) is 0 Å². The molecular formula is C12H25N3O. The lowest BCUT2D eigenvalue weighted by Crippen LogP contribution is -2.36. The molecule has 1 amide bonds. The summed E-state index contributed by atoms with van der Waals surface area (Å²) in [5.74, 6) is 0.383. The van der Waals surface area contributed by atoms with Gasteiger partial charge in [-0.05, 0) is 57.9 Å². The molecule has 1 fully saturated rings. The summed E-state index contributed by atoms with van der Waals surface area (Å²) in [6, 6.07) is 0. The lowest BCUT2D eigenvalue weighted by Gasteiger charge is -2.31. The Morgan fingerprint density at radius 2 is 2.12 bits per heavy atom. The molecule has 1 heterocycles. The van der Waals surface area contributed by atoms with Gasteiger partial charge in [-0.25, -0.2) is 0 Å². The molecule has 3 N–H and O–H groups in total. The Morgan fingerprint density at radius 1 is 1.44 bits per heavy atom. The third-order valence-corrected chi connectivity index (χ3v) is 3.27. The van der Waals surface area contributed by atoms with Crippen LogP contribution in [-0.4, -0.2) is 43.5 Å². The van der Waals surface area contributed by atoms with Crippen LogP contribution in [0, 0.1) is 5.92 Å². The minimum atomic E-state index is -0.148. The molecule has 0 aromatic heterocycles. The van der Waals surface area contributed by atoms with Crippen molar-refractivity contribution in [3.63, 3.8) is 0 Å². The number of amides is 1. The zero-order valence-electron chi connectivity index (χ0n) is 10.4. The molecule has 1 aliphatic rings. The second kappa shape index (κ2) is 7.63. The van der Waals surface area contributed by atoms with E-state index in [-0.39, 0.29) is 5.91 Å². The lowest BCUT2D eigenvalue weighted by atomic mass is 9.93. The fourth-order valence-electron chi connectivity index (χ4n) is 2.30. The van der Waals surface area contributed by atoms with Crippen LogP contribution in [0.15, 0.2) is 0 Å². The summed E-state index contributed by atoms with van der Waals surface area (Å²) in [5.41, 5.74) is 5.21. The van der Waals surface area contributed by atoms with Crippen molar-refractivity contribution in [1.82, 2.24) is 10.2 Å². The largest absolute Gasteiger partial charge is 0.370 e. The maximum Gasteiger partial charge on any atom is 0.217 e. The number of likely N-dealkylation sites (tertiary alicyclic amines) is 1. The molecule has 1 aliphatic heterocycles. The van der Waals surface area contributed by atoms with Crippen LogP contribution in [0.3, 0.4) is 0 Å². The van der Waals surface area contributed by atoms with E-state index in [1.165, 1.54) is 13.0 Å². The molecule has 0 saturated carbocycles. The Labute approximate surface area is 98.6 Å². The first-order valence-electron chi connectivity index (χ1n) is 6.43. The van der Waals surface area contributed by atoms with E-state index in [0.29, 0.717) is 12.3 Å². The highest BCUT2D eigenvalue weighted by Gasteiger charge is 2.19. The highest BCUT2D eigenvalue weighted by atomic mass is 16.1. The SMILES string of the molecule is CCNCCCN1CCC(CC(N)=O)CC1. The van der Waals surface area contributed by atoms with E-state index in [1.807, 2.05) is 0 Å². The summed E-state index contributed by atoms with van der Waals surface area (Å²) in [6.45, 7) is 7.73. The summed E-state index contributed by atoms with van der Waals surface area (Å²) in [6.07, 6.45) is 4.05. The van der Waals surface area contributed by atoms with Crippen molar-refractivity contribution in [2.45, 2.75) is 32.6 Å². The van der Waals surface area contributed by atoms with Crippen LogP contribution in [0.4, 0.5) is 0 Å². The van der Waals surface area contributed by atoms with E-state index in [2.05, 4.69) is 17.1 Å². The summed E-state index contributed by atoms with van der Waals surface area (Å²) < 4.78 is 0. The van der Waals surface area contributed by atoms with Gasteiger partial charge in [0.2, 0.25) is 5.91 Å². The van der Waals surface area contributed by atoms with Crippen molar-refractivity contribution in [1.29, 1.82) is 0 Å². The van der Waals surface area contributed by atoms with Gasteiger partial charge in [0, 0.05) is 6.42 Å². The fraction of sp³-hybridized carbons (Fsp3) is 0.917. The molecule has 16 heavy (non-hydrogen) atoms. The number of hydrogen-bond acceptors (Lipinski definition) is 3. The van der Waals surface area contributed by atoms with Gasteiger partial charge in [-0.3, -0.25) is 4.79 Å². The summed E-state index contributed by atoms with van der Waals surface area (Å²) in [5, 5.41) is 3.33. The fourth-order valence-corrected chi connectivity index (χ4v) is 2.30. The first kappa shape index (κ1) is 13.5. The highest BCUT2D eigenvalue weighted by Crippen LogP contribution is 2.19. The Morgan fingerprint density at radius 3 is 2.69 bits per heavy atom. The standard InChI is InChI=1S/C12H25N3O/c1-2-14-6-3-7-15-8-4-11(5-9-15)10-12(13)16/h11,14H,2-10H2,1H3,(H2,13,16). The predicted molar refractivity (Wildman–Crippen MR) is 66.1 cm³/mol. The van der Waals surface area contributed by atoms with Crippen LogP contribution in [0.25, 0.3) is 0 Å².